The molecule has 1 amide bonds. The standard InChI is InChI=1S/C10H14N2O4/c1-5-6(2-3-9(15)12-5)10(16)7(13)4-8(11)14/h2-3,7,10,13,16H,4H2,1H3,(H2,11,14)(H,12,15). The number of H-pyrrole nitrogens is 1. The van der Waals surface area contributed by atoms with E-state index < -0.39 is 18.1 Å². The van der Waals surface area contributed by atoms with E-state index in [2.05, 4.69) is 4.98 Å². The van der Waals surface area contributed by atoms with Crippen LogP contribution in [0.3, 0.4) is 0 Å². The van der Waals surface area contributed by atoms with E-state index in [1.54, 1.807) is 6.92 Å². The molecule has 0 radical (unpaired) electrons. The molecule has 2 unspecified atom stereocenters. The first-order valence-electron chi connectivity index (χ1n) is 4.76. The zero-order valence-corrected chi connectivity index (χ0v) is 8.80. The van der Waals surface area contributed by atoms with Gasteiger partial charge in [-0.2, -0.15) is 0 Å². The third-order valence-corrected chi connectivity index (χ3v) is 2.25. The molecule has 0 aliphatic rings. The predicted molar refractivity (Wildman–Crippen MR) is 56.6 cm³/mol. The third-order valence-electron chi connectivity index (χ3n) is 2.25. The third kappa shape index (κ3) is 2.91. The molecule has 0 aliphatic heterocycles. The number of carbonyl (C=O) groups is 1. The summed E-state index contributed by atoms with van der Waals surface area (Å²) < 4.78 is 0. The van der Waals surface area contributed by atoms with E-state index in [-0.39, 0.29) is 12.0 Å². The molecule has 16 heavy (non-hydrogen) atoms. The summed E-state index contributed by atoms with van der Waals surface area (Å²) in [7, 11) is 0. The molecule has 0 saturated carbocycles. The Bertz CT molecular complexity index is 441. The highest BCUT2D eigenvalue weighted by molar-refractivity contribution is 5.74. The first-order chi connectivity index (χ1) is 7.41. The maximum Gasteiger partial charge on any atom is 0.248 e. The van der Waals surface area contributed by atoms with Gasteiger partial charge in [-0.15, -0.1) is 0 Å². The summed E-state index contributed by atoms with van der Waals surface area (Å²) in [5.74, 6) is -0.700. The normalized spacial score (nSPS) is 14.4. The zero-order chi connectivity index (χ0) is 12.3. The van der Waals surface area contributed by atoms with E-state index in [0.29, 0.717) is 11.3 Å². The number of pyridine rings is 1. The van der Waals surface area contributed by atoms with Crippen LogP contribution in [-0.2, 0) is 4.79 Å². The molecular formula is C10H14N2O4. The number of aromatic nitrogens is 1. The quantitative estimate of drug-likeness (QED) is 0.524. The molecule has 1 aromatic rings. The number of aliphatic hydroxyl groups excluding tert-OH is 2. The Morgan fingerprint density at radius 2 is 2.12 bits per heavy atom. The lowest BCUT2D eigenvalue weighted by Gasteiger charge is -2.18. The Morgan fingerprint density at radius 3 is 2.62 bits per heavy atom. The number of nitrogens with one attached hydrogen (secondary N) is 1. The molecule has 5 N–H and O–H groups in total. The van der Waals surface area contributed by atoms with E-state index in [0.717, 1.165) is 0 Å². The molecule has 6 heteroatoms. The first-order valence-corrected chi connectivity index (χ1v) is 4.76. The number of aliphatic hydroxyl groups is 2. The van der Waals surface area contributed by atoms with Crippen molar-refractivity contribution in [3.05, 3.63) is 33.7 Å². The molecular weight excluding hydrogens is 212 g/mol. The summed E-state index contributed by atoms with van der Waals surface area (Å²) in [6, 6.07) is 2.64. The molecule has 0 fully saturated rings. The maximum absolute atomic E-state index is 10.9. The molecule has 0 spiro atoms. The number of hydrogen-bond donors (Lipinski definition) is 4. The van der Waals surface area contributed by atoms with Crippen molar-refractivity contribution in [2.45, 2.75) is 25.6 Å². The van der Waals surface area contributed by atoms with Gasteiger partial charge in [0.05, 0.1) is 12.5 Å². The van der Waals surface area contributed by atoms with Crippen LogP contribution in [0.15, 0.2) is 16.9 Å². The highest BCUT2D eigenvalue weighted by Crippen LogP contribution is 2.19. The lowest BCUT2D eigenvalue weighted by atomic mass is 10.0. The Labute approximate surface area is 91.7 Å². The summed E-state index contributed by atoms with van der Waals surface area (Å²) >= 11 is 0. The molecule has 1 rings (SSSR count). The molecule has 1 heterocycles. The van der Waals surface area contributed by atoms with Gasteiger partial charge in [-0.05, 0) is 13.0 Å². The van der Waals surface area contributed by atoms with E-state index >= 15 is 0 Å². The van der Waals surface area contributed by atoms with E-state index in [4.69, 9.17) is 5.73 Å². The van der Waals surface area contributed by atoms with Crippen LogP contribution in [0.5, 0.6) is 0 Å². The van der Waals surface area contributed by atoms with Crippen LogP contribution in [0, 0.1) is 6.92 Å². The summed E-state index contributed by atoms with van der Waals surface area (Å²) in [5.41, 5.74) is 5.43. The fraction of sp³-hybridized carbons (Fsp3) is 0.400. The second kappa shape index (κ2) is 4.91. The summed E-state index contributed by atoms with van der Waals surface area (Å²) in [5, 5.41) is 19.2. The highest BCUT2D eigenvalue weighted by atomic mass is 16.3. The van der Waals surface area contributed by atoms with Crippen molar-refractivity contribution in [2.75, 3.05) is 0 Å². The number of nitrogens with two attached hydrogens (primary N) is 1. The molecule has 1 aromatic heterocycles. The Kier molecular flexibility index (Phi) is 3.81. The van der Waals surface area contributed by atoms with Gasteiger partial charge >= 0.3 is 0 Å². The number of aromatic amines is 1. The van der Waals surface area contributed by atoms with E-state index in [1.807, 2.05) is 0 Å². The van der Waals surface area contributed by atoms with Gasteiger partial charge in [-0.3, -0.25) is 9.59 Å². The zero-order valence-electron chi connectivity index (χ0n) is 8.80. The number of carbonyl (C=O) groups excluding carboxylic acids is 1. The molecule has 2 atom stereocenters. The molecule has 0 bridgehead atoms. The molecule has 6 nitrogen and oxygen atoms in total. The minimum Gasteiger partial charge on any atom is -0.390 e. The van der Waals surface area contributed by atoms with Crippen molar-refractivity contribution in [3.63, 3.8) is 0 Å². The lowest BCUT2D eigenvalue weighted by molar-refractivity contribution is -0.121. The Balaban J connectivity index is 2.91. The van der Waals surface area contributed by atoms with Gasteiger partial charge in [0, 0.05) is 17.3 Å². The second-order valence-corrected chi connectivity index (χ2v) is 3.59. The molecule has 0 aliphatic carbocycles. The molecule has 88 valence electrons. The van der Waals surface area contributed by atoms with Crippen LogP contribution in [0.25, 0.3) is 0 Å². The SMILES string of the molecule is Cc1[nH]c(=O)ccc1C(O)C(O)CC(N)=O. The van der Waals surface area contributed by atoms with E-state index in [1.165, 1.54) is 12.1 Å². The van der Waals surface area contributed by atoms with Crippen molar-refractivity contribution in [2.24, 2.45) is 5.73 Å². The van der Waals surface area contributed by atoms with Crippen LogP contribution >= 0.6 is 0 Å². The smallest absolute Gasteiger partial charge is 0.248 e. The van der Waals surface area contributed by atoms with Crippen molar-refractivity contribution >= 4 is 5.91 Å². The maximum atomic E-state index is 10.9. The number of hydrogen-bond acceptors (Lipinski definition) is 4. The first kappa shape index (κ1) is 12.4. The van der Waals surface area contributed by atoms with Gasteiger partial charge in [-0.1, -0.05) is 0 Å². The number of primary amides is 1. The van der Waals surface area contributed by atoms with Gasteiger partial charge in [0.15, 0.2) is 0 Å². The largest absolute Gasteiger partial charge is 0.390 e. The summed E-state index contributed by atoms with van der Waals surface area (Å²) in [6.07, 6.45) is -2.86. The molecule has 0 saturated heterocycles. The van der Waals surface area contributed by atoms with Crippen LogP contribution in [-0.4, -0.2) is 27.2 Å². The van der Waals surface area contributed by atoms with E-state index in [9.17, 15) is 19.8 Å². The predicted octanol–water partition coefficient (Wildman–Crippen LogP) is -1.05. The minimum atomic E-state index is -1.28. The average molecular weight is 226 g/mol. The van der Waals surface area contributed by atoms with Gasteiger partial charge in [0.1, 0.15) is 6.10 Å². The monoisotopic (exact) mass is 226 g/mol. The minimum absolute atomic E-state index is 0.294. The highest BCUT2D eigenvalue weighted by Gasteiger charge is 2.21. The Morgan fingerprint density at radius 1 is 1.50 bits per heavy atom. The molecule has 0 aromatic carbocycles. The van der Waals surface area contributed by atoms with Crippen molar-refractivity contribution < 1.29 is 15.0 Å². The van der Waals surface area contributed by atoms with Gasteiger partial charge < -0.3 is 20.9 Å². The number of aryl methyl sites for hydroxylation is 1. The van der Waals surface area contributed by atoms with Crippen LogP contribution in [0.4, 0.5) is 0 Å². The fourth-order valence-corrected chi connectivity index (χ4v) is 1.43. The summed E-state index contributed by atoms with van der Waals surface area (Å²) in [4.78, 5) is 24.0. The number of amides is 1. The van der Waals surface area contributed by atoms with Crippen LogP contribution < -0.4 is 11.3 Å². The van der Waals surface area contributed by atoms with Gasteiger partial charge in [0.2, 0.25) is 11.5 Å². The Hall–Kier alpha value is -1.66. The topological polar surface area (TPSA) is 116 Å². The fourth-order valence-electron chi connectivity index (χ4n) is 1.43. The summed E-state index contributed by atoms with van der Waals surface area (Å²) in [6.45, 7) is 1.59. The average Bonchev–Trinajstić information content (AvgIpc) is 2.15. The van der Waals surface area contributed by atoms with Crippen molar-refractivity contribution in [1.82, 2.24) is 4.98 Å². The van der Waals surface area contributed by atoms with Crippen molar-refractivity contribution in [3.8, 4) is 0 Å². The van der Waals surface area contributed by atoms with Crippen molar-refractivity contribution in [1.29, 1.82) is 0 Å². The van der Waals surface area contributed by atoms with Gasteiger partial charge in [0.25, 0.3) is 0 Å². The van der Waals surface area contributed by atoms with Crippen LogP contribution in [0.1, 0.15) is 23.8 Å². The number of rotatable bonds is 4. The second-order valence-electron chi connectivity index (χ2n) is 3.59. The lowest BCUT2D eigenvalue weighted by Crippen LogP contribution is -2.26. The van der Waals surface area contributed by atoms with Crippen LogP contribution in [0.2, 0.25) is 0 Å². The van der Waals surface area contributed by atoms with Gasteiger partial charge in [-0.25, -0.2) is 0 Å².